The predicted molar refractivity (Wildman–Crippen MR) is 90.3 cm³/mol. The maximum Gasteiger partial charge on any atom is 0.312 e. The van der Waals surface area contributed by atoms with Crippen molar-refractivity contribution < 1.29 is 9.59 Å². The van der Waals surface area contributed by atoms with Gasteiger partial charge in [-0.15, -0.1) is 0 Å². The molecule has 1 atom stereocenters. The van der Waals surface area contributed by atoms with Crippen LogP contribution in [0.4, 0.5) is 5.69 Å². The molecule has 0 radical (unpaired) electrons. The monoisotopic (exact) mass is 315 g/mol. The fourth-order valence-corrected chi connectivity index (χ4v) is 3.46. The molecule has 2 heterocycles. The molecule has 124 valence electrons. The van der Waals surface area contributed by atoms with Crippen LogP contribution in [-0.2, 0) is 9.59 Å². The minimum Gasteiger partial charge on any atom is -0.368 e. The first kappa shape index (κ1) is 15.8. The Balaban J connectivity index is 1.56. The molecule has 2 aliphatic heterocycles. The number of carbonyl (C=O) groups is 2. The molecular weight excluding hydrogens is 290 g/mol. The van der Waals surface area contributed by atoms with Crippen LogP contribution in [0.2, 0.25) is 0 Å². The number of rotatable bonds is 1. The van der Waals surface area contributed by atoms with Crippen LogP contribution in [0.25, 0.3) is 0 Å². The molecule has 23 heavy (non-hydrogen) atoms. The Bertz CT molecular complexity index is 553. The zero-order valence-electron chi connectivity index (χ0n) is 13.8. The molecule has 1 unspecified atom stereocenters. The average Bonchev–Trinajstić information content (AvgIpc) is 2.62. The number of amides is 2. The highest BCUT2D eigenvalue weighted by atomic mass is 16.2. The van der Waals surface area contributed by atoms with Gasteiger partial charge in [-0.05, 0) is 38.3 Å². The van der Waals surface area contributed by atoms with Gasteiger partial charge in [0.15, 0.2) is 0 Å². The fourth-order valence-electron chi connectivity index (χ4n) is 3.46. The summed E-state index contributed by atoms with van der Waals surface area (Å²) in [6, 6.07) is 10.4. The lowest BCUT2D eigenvalue weighted by molar-refractivity contribution is -0.154. The summed E-state index contributed by atoms with van der Waals surface area (Å²) in [5.41, 5.74) is 1.18. The van der Waals surface area contributed by atoms with Crippen molar-refractivity contribution in [1.82, 2.24) is 9.80 Å². The Labute approximate surface area is 137 Å². The van der Waals surface area contributed by atoms with E-state index >= 15 is 0 Å². The van der Waals surface area contributed by atoms with Crippen molar-refractivity contribution in [3.8, 4) is 0 Å². The molecule has 0 N–H and O–H groups in total. The summed E-state index contributed by atoms with van der Waals surface area (Å²) < 4.78 is 0. The van der Waals surface area contributed by atoms with Crippen LogP contribution >= 0.6 is 0 Å². The SMILES string of the molecule is CC1CCCCN1C(=O)C(=O)N1CCN(c2ccccc2)CC1. The van der Waals surface area contributed by atoms with Crippen LogP contribution in [0.3, 0.4) is 0 Å². The molecule has 2 aliphatic rings. The minimum absolute atomic E-state index is 0.186. The lowest BCUT2D eigenvalue weighted by Gasteiger charge is -2.38. The Morgan fingerprint density at radius 3 is 2.26 bits per heavy atom. The highest BCUT2D eigenvalue weighted by Crippen LogP contribution is 2.19. The molecular formula is C18H25N3O2. The average molecular weight is 315 g/mol. The van der Waals surface area contributed by atoms with Crippen LogP contribution in [-0.4, -0.2) is 60.4 Å². The molecule has 5 heteroatoms. The van der Waals surface area contributed by atoms with Gasteiger partial charge in [-0.3, -0.25) is 9.59 Å². The van der Waals surface area contributed by atoms with Gasteiger partial charge in [-0.1, -0.05) is 18.2 Å². The van der Waals surface area contributed by atoms with Gasteiger partial charge in [-0.2, -0.15) is 0 Å². The molecule has 0 bridgehead atoms. The normalized spacial score (nSPS) is 22.1. The third-order valence-electron chi connectivity index (χ3n) is 4.94. The van der Waals surface area contributed by atoms with Crippen molar-refractivity contribution in [3.63, 3.8) is 0 Å². The lowest BCUT2D eigenvalue weighted by Crippen LogP contribution is -2.55. The standard InChI is InChI=1S/C18H25N3O2/c1-15-7-5-6-10-21(15)18(23)17(22)20-13-11-19(12-14-20)16-8-3-2-4-9-16/h2-4,8-9,15H,5-7,10-14H2,1H3. The van der Waals surface area contributed by atoms with E-state index < -0.39 is 0 Å². The smallest absolute Gasteiger partial charge is 0.312 e. The van der Waals surface area contributed by atoms with Gasteiger partial charge in [0.25, 0.3) is 0 Å². The number of nitrogens with zero attached hydrogens (tertiary/aromatic N) is 3. The molecule has 2 fully saturated rings. The van der Waals surface area contributed by atoms with E-state index in [1.165, 1.54) is 5.69 Å². The van der Waals surface area contributed by atoms with E-state index in [9.17, 15) is 9.59 Å². The quantitative estimate of drug-likeness (QED) is 0.742. The Kier molecular flexibility index (Phi) is 4.84. The van der Waals surface area contributed by atoms with Gasteiger partial charge in [0.1, 0.15) is 0 Å². The van der Waals surface area contributed by atoms with E-state index in [0.29, 0.717) is 13.1 Å². The van der Waals surface area contributed by atoms with E-state index in [1.807, 2.05) is 25.1 Å². The van der Waals surface area contributed by atoms with Crippen LogP contribution in [0, 0.1) is 0 Å². The number of likely N-dealkylation sites (tertiary alicyclic amines) is 1. The van der Waals surface area contributed by atoms with Crippen LogP contribution < -0.4 is 4.90 Å². The number of benzene rings is 1. The van der Waals surface area contributed by atoms with Gasteiger partial charge >= 0.3 is 11.8 Å². The molecule has 2 saturated heterocycles. The van der Waals surface area contributed by atoms with Gasteiger partial charge in [0.05, 0.1) is 0 Å². The van der Waals surface area contributed by atoms with Crippen molar-refractivity contribution in [1.29, 1.82) is 0 Å². The summed E-state index contributed by atoms with van der Waals surface area (Å²) in [6.07, 6.45) is 3.15. The first-order chi connectivity index (χ1) is 11.2. The molecule has 0 saturated carbocycles. The molecule has 2 amide bonds. The first-order valence-corrected chi connectivity index (χ1v) is 8.56. The van der Waals surface area contributed by atoms with E-state index in [1.54, 1.807) is 9.80 Å². The number of piperidine rings is 1. The Morgan fingerprint density at radius 2 is 1.61 bits per heavy atom. The topological polar surface area (TPSA) is 43.9 Å². The van der Waals surface area contributed by atoms with Gasteiger partial charge in [-0.25, -0.2) is 0 Å². The van der Waals surface area contributed by atoms with Crippen LogP contribution in [0.15, 0.2) is 30.3 Å². The highest BCUT2D eigenvalue weighted by molar-refractivity contribution is 6.35. The molecule has 3 rings (SSSR count). The van der Waals surface area contributed by atoms with Crippen molar-refractivity contribution in [2.75, 3.05) is 37.6 Å². The maximum absolute atomic E-state index is 12.5. The van der Waals surface area contributed by atoms with Crippen molar-refractivity contribution in [2.24, 2.45) is 0 Å². The zero-order valence-corrected chi connectivity index (χ0v) is 13.8. The number of para-hydroxylation sites is 1. The minimum atomic E-state index is -0.327. The number of carbonyl (C=O) groups excluding carboxylic acids is 2. The van der Waals surface area contributed by atoms with Gasteiger partial charge in [0, 0.05) is 44.5 Å². The van der Waals surface area contributed by atoms with Crippen molar-refractivity contribution in [3.05, 3.63) is 30.3 Å². The second-order valence-corrected chi connectivity index (χ2v) is 6.46. The van der Waals surface area contributed by atoms with E-state index in [0.717, 1.165) is 38.9 Å². The second-order valence-electron chi connectivity index (χ2n) is 6.46. The largest absolute Gasteiger partial charge is 0.368 e. The van der Waals surface area contributed by atoms with Gasteiger partial charge in [0.2, 0.25) is 0 Å². The second kappa shape index (κ2) is 7.02. The fraction of sp³-hybridized carbons (Fsp3) is 0.556. The van der Waals surface area contributed by atoms with Crippen LogP contribution in [0.5, 0.6) is 0 Å². The van der Waals surface area contributed by atoms with E-state index in [-0.39, 0.29) is 17.9 Å². The molecule has 0 aliphatic carbocycles. The molecule has 1 aromatic carbocycles. The number of hydrogen-bond donors (Lipinski definition) is 0. The third-order valence-corrected chi connectivity index (χ3v) is 4.94. The molecule has 0 aromatic heterocycles. The summed E-state index contributed by atoms with van der Waals surface area (Å²) >= 11 is 0. The van der Waals surface area contributed by atoms with Crippen LogP contribution in [0.1, 0.15) is 26.2 Å². The number of hydrogen-bond acceptors (Lipinski definition) is 3. The molecule has 0 spiro atoms. The summed E-state index contributed by atoms with van der Waals surface area (Å²) in [5, 5.41) is 0. The lowest BCUT2D eigenvalue weighted by atomic mass is 10.0. The first-order valence-electron chi connectivity index (χ1n) is 8.56. The zero-order chi connectivity index (χ0) is 16.2. The van der Waals surface area contributed by atoms with Gasteiger partial charge < -0.3 is 14.7 Å². The Morgan fingerprint density at radius 1 is 0.913 bits per heavy atom. The third kappa shape index (κ3) is 3.49. The Hall–Kier alpha value is -2.04. The summed E-state index contributed by atoms with van der Waals surface area (Å²) in [4.78, 5) is 30.7. The summed E-state index contributed by atoms with van der Waals surface area (Å²) in [6.45, 7) is 5.54. The van der Waals surface area contributed by atoms with Crippen molar-refractivity contribution in [2.45, 2.75) is 32.2 Å². The molecule has 1 aromatic rings. The molecule has 5 nitrogen and oxygen atoms in total. The predicted octanol–water partition coefficient (Wildman–Crippen LogP) is 1.74. The van der Waals surface area contributed by atoms with E-state index in [4.69, 9.17) is 0 Å². The summed E-state index contributed by atoms with van der Waals surface area (Å²) in [7, 11) is 0. The number of anilines is 1. The van der Waals surface area contributed by atoms with E-state index in [2.05, 4.69) is 17.0 Å². The maximum atomic E-state index is 12.5. The number of piperazine rings is 1. The highest BCUT2D eigenvalue weighted by Gasteiger charge is 2.32. The van der Waals surface area contributed by atoms with Crippen molar-refractivity contribution >= 4 is 17.5 Å². The summed E-state index contributed by atoms with van der Waals surface area (Å²) in [5.74, 6) is -0.642.